The molecule has 1 heterocycles. The van der Waals surface area contributed by atoms with Crippen molar-refractivity contribution < 1.29 is 0 Å². The van der Waals surface area contributed by atoms with Gasteiger partial charge >= 0.3 is 0 Å². The molecule has 3 heteroatoms. The zero-order chi connectivity index (χ0) is 9.80. The molecule has 0 bridgehead atoms. The van der Waals surface area contributed by atoms with Crippen LogP contribution in [-0.4, -0.2) is 24.3 Å². The number of rotatable bonds is 4. The third kappa shape index (κ3) is 2.11. The molecule has 0 unspecified atom stereocenters. The molecule has 2 aromatic rings. The predicted molar refractivity (Wildman–Crippen MR) is 62.9 cm³/mol. The van der Waals surface area contributed by atoms with E-state index in [9.17, 15) is 0 Å². The summed E-state index contributed by atoms with van der Waals surface area (Å²) in [5, 5.41) is 5.68. The van der Waals surface area contributed by atoms with Crippen molar-refractivity contribution in [2.45, 2.75) is 5.03 Å². The first-order valence-electron chi connectivity index (χ1n) is 4.75. The van der Waals surface area contributed by atoms with Gasteiger partial charge in [-0.05, 0) is 19.2 Å². The number of H-pyrrole nitrogens is 1. The van der Waals surface area contributed by atoms with E-state index in [0.29, 0.717) is 0 Å². The molecule has 2 nitrogen and oxygen atoms in total. The van der Waals surface area contributed by atoms with Gasteiger partial charge in [-0.25, -0.2) is 0 Å². The number of thioether (sulfide) groups is 1. The molecule has 0 aliphatic carbocycles. The van der Waals surface area contributed by atoms with E-state index < -0.39 is 0 Å². The summed E-state index contributed by atoms with van der Waals surface area (Å²) in [6, 6.07) is 10.6. The number of hydrogen-bond acceptors (Lipinski definition) is 2. The Bertz CT molecular complexity index is 375. The van der Waals surface area contributed by atoms with E-state index in [1.54, 1.807) is 0 Å². The lowest BCUT2D eigenvalue weighted by molar-refractivity contribution is 0.871. The van der Waals surface area contributed by atoms with Crippen molar-refractivity contribution in [3.05, 3.63) is 30.3 Å². The summed E-state index contributed by atoms with van der Waals surface area (Å²) in [5.74, 6) is 1.10. The fourth-order valence-corrected chi connectivity index (χ4v) is 2.31. The number of benzene rings is 1. The van der Waals surface area contributed by atoms with Crippen LogP contribution >= 0.6 is 11.8 Å². The van der Waals surface area contributed by atoms with Crippen molar-refractivity contribution in [1.29, 1.82) is 0 Å². The summed E-state index contributed by atoms with van der Waals surface area (Å²) >= 11 is 1.85. The Kier molecular flexibility index (Phi) is 3.11. The molecule has 0 amide bonds. The second-order valence-electron chi connectivity index (χ2n) is 3.17. The summed E-state index contributed by atoms with van der Waals surface area (Å²) in [7, 11) is 1.98. The molecule has 0 aliphatic heterocycles. The van der Waals surface area contributed by atoms with Crippen LogP contribution < -0.4 is 5.32 Å². The topological polar surface area (TPSA) is 27.8 Å². The highest BCUT2D eigenvalue weighted by Gasteiger charge is 1.99. The van der Waals surface area contributed by atoms with Crippen molar-refractivity contribution in [2.75, 3.05) is 19.3 Å². The van der Waals surface area contributed by atoms with Crippen LogP contribution in [0, 0.1) is 0 Å². The van der Waals surface area contributed by atoms with E-state index >= 15 is 0 Å². The molecular weight excluding hydrogens is 192 g/mol. The Morgan fingerprint density at radius 1 is 1.36 bits per heavy atom. The molecule has 0 radical (unpaired) electrons. The second kappa shape index (κ2) is 4.53. The van der Waals surface area contributed by atoms with E-state index in [1.165, 1.54) is 15.9 Å². The highest BCUT2D eigenvalue weighted by Crippen LogP contribution is 2.22. The van der Waals surface area contributed by atoms with Crippen LogP contribution in [0.3, 0.4) is 0 Å². The zero-order valence-corrected chi connectivity index (χ0v) is 9.03. The fraction of sp³-hybridized carbons (Fsp3) is 0.273. The molecule has 2 N–H and O–H groups in total. The third-order valence-corrected chi connectivity index (χ3v) is 3.05. The average Bonchev–Trinajstić information content (AvgIpc) is 2.60. The maximum absolute atomic E-state index is 3.39. The van der Waals surface area contributed by atoms with Gasteiger partial charge in [0.25, 0.3) is 0 Å². The first-order chi connectivity index (χ1) is 6.90. The minimum Gasteiger partial charge on any atom is -0.350 e. The van der Waals surface area contributed by atoms with Crippen molar-refractivity contribution >= 4 is 22.7 Å². The molecule has 0 spiro atoms. The van der Waals surface area contributed by atoms with Crippen molar-refractivity contribution in [2.24, 2.45) is 0 Å². The lowest BCUT2D eigenvalue weighted by atomic mass is 10.3. The van der Waals surface area contributed by atoms with E-state index in [1.807, 2.05) is 18.8 Å². The highest BCUT2D eigenvalue weighted by molar-refractivity contribution is 7.99. The fourth-order valence-electron chi connectivity index (χ4n) is 1.39. The Balaban J connectivity index is 2.11. The van der Waals surface area contributed by atoms with Gasteiger partial charge in [0, 0.05) is 23.2 Å². The van der Waals surface area contributed by atoms with Crippen molar-refractivity contribution in [1.82, 2.24) is 10.3 Å². The molecule has 2 rings (SSSR count). The Morgan fingerprint density at radius 2 is 2.21 bits per heavy atom. The van der Waals surface area contributed by atoms with Gasteiger partial charge in [0.1, 0.15) is 0 Å². The van der Waals surface area contributed by atoms with Gasteiger partial charge in [-0.15, -0.1) is 11.8 Å². The molecule has 0 saturated carbocycles. The molecule has 0 saturated heterocycles. The zero-order valence-electron chi connectivity index (χ0n) is 8.21. The largest absolute Gasteiger partial charge is 0.350 e. The van der Waals surface area contributed by atoms with Gasteiger partial charge in [-0.1, -0.05) is 18.2 Å². The highest BCUT2D eigenvalue weighted by atomic mass is 32.2. The van der Waals surface area contributed by atoms with Crippen LogP contribution in [0.15, 0.2) is 35.4 Å². The van der Waals surface area contributed by atoms with Gasteiger partial charge in [-0.3, -0.25) is 0 Å². The maximum Gasteiger partial charge on any atom is 0.0732 e. The van der Waals surface area contributed by atoms with Gasteiger partial charge in [0.2, 0.25) is 0 Å². The Hall–Kier alpha value is -0.930. The number of aromatic amines is 1. The van der Waals surface area contributed by atoms with Gasteiger partial charge in [0.15, 0.2) is 0 Å². The van der Waals surface area contributed by atoms with Crippen molar-refractivity contribution in [3.8, 4) is 0 Å². The van der Waals surface area contributed by atoms with Crippen LogP contribution in [0.1, 0.15) is 0 Å². The lowest BCUT2D eigenvalue weighted by Gasteiger charge is -1.96. The van der Waals surface area contributed by atoms with Crippen LogP contribution in [0.25, 0.3) is 10.9 Å². The first-order valence-corrected chi connectivity index (χ1v) is 5.74. The monoisotopic (exact) mass is 206 g/mol. The first kappa shape index (κ1) is 9.62. The minimum absolute atomic E-state index is 1.04. The number of fused-ring (bicyclic) bond motifs is 1. The Labute approximate surface area is 88.1 Å². The SMILES string of the molecule is CNCCSc1cc2ccccc2[nH]1. The normalized spacial score (nSPS) is 10.9. The summed E-state index contributed by atoms with van der Waals surface area (Å²) in [6.07, 6.45) is 0. The predicted octanol–water partition coefficient (Wildman–Crippen LogP) is 2.48. The second-order valence-corrected chi connectivity index (χ2v) is 4.31. The average molecular weight is 206 g/mol. The molecular formula is C11H14N2S. The lowest BCUT2D eigenvalue weighted by Crippen LogP contribution is -2.09. The minimum atomic E-state index is 1.04. The summed E-state index contributed by atoms with van der Waals surface area (Å²) < 4.78 is 0. The van der Waals surface area contributed by atoms with Crippen LogP contribution in [0.4, 0.5) is 0 Å². The van der Waals surface area contributed by atoms with E-state index in [0.717, 1.165) is 12.3 Å². The molecule has 1 aromatic carbocycles. The molecule has 14 heavy (non-hydrogen) atoms. The number of nitrogens with one attached hydrogen (secondary N) is 2. The molecule has 74 valence electrons. The summed E-state index contributed by atoms with van der Waals surface area (Å²) in [4.78, 5) is 3.39. The molecule has 0 fully saturated rings. The smallest absolute Gasteiger partial charge is 0.0732 e. The molecule has 0 atom stereocenters. The van der Waals surface area contributed by atoms with E-state index in [-0.39, 0.29) is 0 Å². The Morgan fingerprint density at radius 3 is 3.00 bits per heavy atom. The van der Waals surface area contributed by atoms with Gasteiger partial charge in [0.05, 0.1) is 5.03 Å². The van der Waals surface area contributed by atoms with Crippen LogP contribution in [0.2, 0.25) is 0 Å². The maximum atomic E-state index is 3.39. The van der Waals surface area contributed by atoms with Crippen molar-refractivity contribution in [3.63, 3.8) is 0 Å². The summed E-state index contributed by atoms with van der Waals surface area (Å²) in [5.41, 5.74) is 1.22. The quantitative estimate of drug-likeness (QED) is 0.594. The van der Waals surface area contributed by atoms with E-state index in [4.69, 9.17) is 0 Å². The number of aromatic nitrogens is 1. The third-order valence-electron chi connectivity index (χ3n) is 2.11. The van der Waals surface area contributed by atoms with Crippen LogP contribution in [-0.2, 0) is 0 Å². The van der Waals surface area contributed by atoms with Crippen LogP contribution in [0.5, 0.6) is 0 Å². The number of hydrogen-bond donors (Lipinski definition) is 2. The molecule has 1 aromatic heterocycles. The standard InChI is InChI=1S/C11H14N2S/c1-12-6-7-14-11-8-9-4-2-3-5-10(9)13-11/h2-5,8,12-13H,6-7H2,1H3. The number of para-hydroxylation sites is 1. The molecule has 0 aliphatic rings. The summed E-state index contributed by atoms with van der Waals surface area (Å²) in [6.45, 7) is 1.04. The van der Waals surface area contributed by atoms with Gasteiger partial charge < -0.3 is 10.3 Å². The van der Waals surface area contributed by atoms with E-state index in [2.05, 4.69) is 40.6 Å². The van der Waals surface area contributed by atoms with Gasteiger partial charge in [-0.2, -0.15) is 0 Å².